The van der Waals surface area contributed by atoms with Crippen LogP contribution in [0.15, 0.2) is 50.9 Å². The number of ether oxygens (including phenoxy) is 1. The molecule has 0 aliphatic carbocycles. The Hall–Kier alpha value is -3.89. The summed E-state index contributed by atoms with van der Waals surface area (Å²) in [6.07, 6.45) is 4.35. The fraction of sp³-hybridized carbons (Fsp3) is 0.300. The molecular formula is C20H20N8O6S2. The van der Waals surface area contributed by atoms with Crippen LogP contribution in [0.25, 0.3) is 0 Å². The summed E-state index contributed by atoms with van der Waals surface area (Å²) in [7, 11) is 1.27. The van der Waals surface area contributed by atoms with Crippen LogP contribution in [-0.4, -0.2) is 86.4 Å². The van der Waals surface area contributed by atoms with Crippen molar-refractivity contribution in [1.82, 2.24) is 20.1 Å². The van der Waals surface area contributed by atoms with Gasteiger partial charge in [-0.2, -0.15) is 0 Å². The summed E-state index contributed by atoms with van der Waals surface area (Å²) in [6, 6.07) is -0.952. The number of nitrogens with two attached hydrogens (primary N) is 2. The molecule has 0 saturated carbocycles. The van der Waals surface area contributed by atoms with Gasteiger partial charge in [0, 0.05) is 23.9 Å². The van der Waals surface area contributed by atoms with E-state index in [1.807, 2.05) is 0 Å². The zero-order valence-corrected chi connectivity index (χ0v) is 20.3. The lowest BCUT2D eigenvalue weighted by molar-refractivity contribution is -0.150. The van der Waals surface area contributed by atoms with E-state index >= 15 is 0 Å². The molecule has 4 aliphatic heterocycles. The molecule has 2 amide bonds. The maximum atomic E-state index is 13.0. The summed E-state index contributed by atoms with van der Waals surface area (Å²) in [5.41, 5.74) is 11.8. The van der Waals surface area contributed by atoms with Gasteiger partial charge in [0.15, 0.2) is 22.4 Å². The number of aliphatic carboxylic acids is 1. The van der Waals surface area contributed by atoms with Crippen LogP contribution in [0.5, 0.6) is 0 Å². The molecule has 1 aromatic heterocycles. The molecule has 0 radical (unpaired) electrons. The summed E-state index contributed by atoms with van der Waals surface area (Å²) < 4.78 is 5.42. The number of carboxylic acids is 1. The number of carboxylic acid groups (broad SMARTS) is 1. The fourth-order valence-electron chi connectivity index (χ4n) is 4.07. The van der Waals surface area contributed by atoms with E-state index in [4.69, 9.17) is 21.0 Å². The van der Waals surface area contributed by atoms with E-state index < -0.39 is 35.6 Å². The van der Waals surface area contributed by atoms with Crippen molar-refractivity contribution in [2.45, 2.75) is 17.8 Å². The Morgan fingerprint density at radius 2 is 2.25 bits per heavy atom. The smallest absolute Gasteiger partial charge is 0.352 e. The number of hydrogen-bond acceptors (Lipinski definition) is 13. The van der Waals surface area contributed by atoms with Crippen molar-refractivity contribution in [2.24, 2.45) is 15.9 Å². The molecule has 1 saturated heterocycles. The van der Waals surface area contributed by atoms with Gasteiger partial charge in [0.05, 0.1) is 0 Å². The number of fused-ring (bicyclic) bond motifs is 2. The number of thiazole rings is 1. The lowest BCUT2D eigenvalue weighted by Gasteiger charge is -2.49. The number of nitrogen functional groups attached to an aromatic ring is 1. The first-order chi connectivity index (χ1) is 17.3. The molecule has 3 atom stereocenters. The highest BCUT2D eigenvalue weighted by Gasteiger charge is 2.54. The molecule has 2 unspecified atom stereocenters. The third kappa shape index (κ3) is 4.08. The Morgan fingerprint density at radius 3 is 2.94 bits per heavy atom. The van der Waals surface area contributed by atoms with Gasteiger partial charge >= 0.3 is 5.97 Å². The van der Waals surface area contributed by atoms with E-state index in [0.29, 0.717) is 22.9 Å². The minimum absolute atomic E-state index is 0.124. The van der Waals surface area contributed by atoms with Crippen molar-refractivity contribution in [1.29, 1.82) is 0 Å². The van der Waals surface area contributed by atoms with Gasteiger partial charge in [0.25, 0.3) is 11.8 Å². The highest BCUT2D eigenvalue weighted by atomic mass is 32.2. The van der Waals surface area contributed by atoms with E-state index in [1.54, 1.807) is 23.3 Å². The number of oxime groups is 1. The number of allylic oxidation sites excluding steroid dienone is 2. The van der Waals surface area contributed by atoms with Crippen LogP contribution in [0, 0.1) is 0 Å². The van der Waals surface area contributed by atoms with Crippen LogP contribution in [-0.2, 0) is 24.0 Å². The summed E-state index contributed by atoms with van der Waals surface area (Å²) in [5, 5.41) is 17.5. The first kappa shape index (κ1) is 23.8. The molecule has 6 N–H and O–H groups in total. The van der Waals surface area contributed by atoms with E-state index in [9.17, 15) is 19.5 Å². The Labute approximate surface area is 212 Å². The number of rotatable bonds is 7. The minimum atomic E-state index is -1.24. The fourth-order valence-corrected chi connectivity index (χ4v) is 5.95. The number of aromatic nitrogens is 1. The first-order valence-corrected chi connectivity index (χ1v) is 12.4. The molecule has 0 aromatic carbocycles. The topological polar surface area (TPSA) is 198 Å². The summed E-state index contributed by atoms with van der Waals surface area (Å²) in [5.74, 6) is -1.20. The van der Waals surface area contributed by atoms with Crippen LogP contribution < -0.4 is 16.8 Å². The molecule has 36 heavy (non-hydrogen) atoms. The lowest BCUT2D eigenvalue weighted by Crippen LogP contribution is -2.71. The average Bonchev–Trinajstić information content (AvgIpc) is 3.45. The monoisotopic (exact) mass is 532 g/mol. The molecule has 16 heteroatoms. The second-order valence-corrected chi connectivity index (χ2v) is 9.77. The Kier molecular flexibility index (Phi) is 6.15. The van der Waals surface area contributed by atoms with Crippen molar-refractivity contribution >= 4 is 57.6 Å². The number of amidine groups is 1. The largest absolute Gasteiger partial charge is 0.477 e. The van der Waals surface area contributed by atoms with Crippen LogP contribution in [0.1, 0.15) is 5.69 Å². The van der Waals surface area contributed by atoms with E-state index in [2.05, 4.69) is 20.4 Å². The third-order valence-corrected chi connectivity index (χ3v) is 7.58. The minimum Gasteiger partial charge on any atom is -0.477 e. The highest BCUT2D eigenvalue weighted by Crippen LogP contribution is 2.41. The molecule has 14 nitrogen and oxygen atoms in total. The second-order valence-electron chi connectivity index (χ2n) is 7.77. The molecule has 0 bridgehead atoms. The summed E-state index contributed by atoms with van der Waals surface area (Å²) >= 11 is 2.46. The number of carbonyl (C=O) groups excluding carboxylic acids is 2. The predicted octanol–water partition coefficient (Wildman–Crippen LogP) is -0.801. The van der Waals surface area contributed by atoms with Crippen molar-refractivity contribution < 1.29 is 29.1 Å². The Bertz CT molecular complexity index is 1300. The maximum Gasteiger partial charge on any atom is 0.352 e. The van der Waals surface area contributed by atoms with Gasteiger partial charge in [-0.25, -0.2) is 14.8 Å². The molecule has 0 spiro atoms. The second kappa shape index (κ2) is 9.29. The predicted molar refractivity (Wildman–Crippen MR) is 130 cm³/mol. The molecule has 4 aliphatic rings. The number of anilines is 1. The maximum absolute atomic E-state index is 13.0. The number of β-lactam (4-membered cyclic amide) rings is 1. The Balaban J connectivity index is 1.34. The standard InChI is InChI=1S/C20H20N8O6S2/c1-33-26-11(9-7-36-20(22)23-9)15(29)24-12-16(30)28-13(18(31)32)8(6-35-17(12)28)5-27-4-2-3-10-14(27)25-19(21)34-10/h2-4,7,12,17,19H,5-6,21H2,1H3,(H2,22,23)(H,24,29)(H,31,32)/b26-11-/t12?,17-,19?/m1/s1. The van der Waals surface area contributed by atoms with E-state index in [-0.39, 0.29) is 28.8 Å². The van der Waals surface area contributed by atoms with Gasteiger partial charge in [-0.15, -0.1) is 23.1 Å². The number of amides is 2. The van der Waals surface area contributed by atoms with Crippen LogP contribution in [0.3, 0.4) is 0 Å². The lowest BCUT2D eigenvalue weighted by atomic mass is 10.0. The number of nitrogens with zero attached hydrogens (tertiary/aromatic N) is 5. The SMILES string of the molecule is CO/N=C(\C(=O)NC1C(=O)N2C(C(=O)O)=C(CN3C=CC=C4OC(N)N=C43)CS[C@H]12)c1csc(N)n1. The third-order valence-electron chi connectivity index (χ3n) is 5.56. The Morgan fingerprint density at radius 1 is 1.44 bits per heavy atom. The first-order valence-electron chi connectivity index (χ1n) is 10.5. The van der Waals surface area contributed by atoms with Gasteiger partial charge in [0.1, 0.15) is 29.9 Å². The summed E-state index contributed by atoms with van der Waals surface area (Å²) in [4.78, 5) is 54.0. The quantitative estimate of drug-likeness (QED) is 0.195. The van der Waals surface area contributed by atoms with Crippen molar-refractivity contribution in [2.75, 3.05) is 25.1 Å². The van der Waals surface area contributed by atoms with Gasteiger partial charge in [-0.1, -0.05) is 5.16 Å². The summed E-state index contributed by atoms with van der Waals surface area (Å²) in [6.45, 7) is 0.167. The number of hydrogen-bond donors (Lipinski definition) is 4. The van der Waals surface area contributed by atoms with Gasteiger partial charge in [-0.3, -0.25) is 20.2 Å². The van der Waals surface area contributed by atoms with Crippen LogP contribution in [0.2, 0.25) is 0 Å². The van der Waals surface area contributed by atoms with Gasteiger partial charge in [-0.05, 0) is 17.7 Å². The van der Waals surface area contributed by atoms with Crippen LogP contribution in [0.4, 0.5) is 5.13 Å². The molecule has 188 valence electrons. The number of aliphatic imine (C=N–C) groups is 1. The average molecular weight is 533 g/mol. The van der Waals surface area contributed by atoms with Crippen LogP contribution >= 0.6 is 23.1 Å². The number of thioether (sulfide) groups is 1. The van der Waals surface area contributed by atoms with Crippen molar-refractivity contribution in [3.05, 3.63) is 46.5 Å². The molecule has 5 heterocycles. The van der Waals surface area contributed by atoms with Crippen molar-refractivity contribution in [3.8, 4) is 0 Å². The molecule has 5 rings (SSSR count). The molecular weight excluding hydrogens is 512 g/mol. The van der Waals surface area contributed by atoms with Gasteiger partial charge in [0.2, 0.25) is 6.35 Å². The molecule has 1 fully saturated rings. The zero-order valence-electron chi connectivity index (χ0n) is 18.7. The van der Waals surface area contributed by atoms with Gasteiger partial charge < -0.3 is 30.6 Å². The normalized spacial score (nSPS) is 24.9. The zero-order chi connectivity index (χ0) is 25.6. The van der Waals surface area contributed by atoms with Crippen molar-refractivity contribution in [3.63, 3.8) is 0 Å². The van der Waals surface area contributed by atoms with E-state index in [1.165, 1.54) is 29.2 Å². The number of nitrogens with one attached hydrogen (secondary N) is 1. The molecule has 1 aromatic rings. The highest BCUT2D eigenvalue weighted by molar-refractivity contribution is 8.00. The van der Waals surface area contributed by atoms with E-state index in [0.717, 1.165) is 11.3 Å². The number of carbonyl (C=O) groups is 3.